The van der Waals surface area contributed by atoms with Crippen molar-refractivity contribution < 1.29 is 9.90 Å². The van der Waals surface area contributed by atoms with Crippen molar-refractivity contribution in [3.63, 3.8) is 0 Å². The molecule has 1 N–H and O–H groups in total. The van der Waals surface area contributed by atoms with Crippen molar-refractivity contribution in [2.45, 2.75) is 30.0 Å². The van der Waals surface area contributed by atoms with Crippen LogP contribution in [0.4, 0.5) is 0 Å². The van der Waals surface area contributed by atoms with Crippen molar-refractivity contribution >= 4 is 17.7 Å². The molecule has 14 heavy (non-hydrogen) atoms. The molecular formula is C9H12N2O2S. The number of hydrogen-bond donors (Lipinski definition) is 1. The van der Waals surface area contributed by atoms with Gasteiger partial charge in [0, 0.05) is 11.4 Å². The first kappa shape index (κ1) is 11.0. The number of thioether (sulfide) groups is 1. The van der Waals surface area contributed by atoms with Gasteiger partial charge in [-0.2, -0.15) is 0 Å². The van der Waals surface area contributed by atoms with E-state index < -0.39 is 5.97 Å². The molecule has 1 heterocycles. The number of rotatable bonds is 5. The smallest absolute Gasteiger partial charge is 0.304 e. The quantitative estimate of drug-likeness (QED) is 0.596. The molecule has 0 saturated carbocycles. The summed E-state index contributed by atoms with van der Waals surface area (Å²) in [5, 5.41) is 9.56. The summed E-state index contributed by atoms with van der Waals surface area (Å²) in [6.07, 6.45) is 4.12. The predicted molar refractivity (Wildman–Crippen MR) is 54.2 cm³/mol. The molecule has 0 spiro atoms. The van der Waals surface area contributed by atoms with Crippen LogP contribution in [0.2, 0.25) is 0 Å². The maximum Gasteiger partial charge on any atom is 0.304 e. The highest BCUT2D eigenvalue weighted by Gasteiger charge is 2.12. The molecule has 0 amide bonds. The Balaban J connectivity index is 2.53. The van der Waals surface area contributed by atoms with Gasteiger partial charge in [0.15, 0.2) is 0 Å². The Kier molecular flexibility index (Phi) is 4.39. The maximum absolute atomic E-state index is 10.5. The van der Waals surface area contributed by atoms with E-state index in [1.54, 1.807) is 12.3 Å². The number of aliphatic carboxylic acids is 1. The number of aromatic nitrogens is 2. The molecule has 5 heteroatoms. The van der Waals surface area contributed by atoms with Gasteiger partial charge in [-0.05, 0) is 12.5 Å². The number of carbonyl (C=O) groups is 1. The van der Waals surface area contributed by atoms with E-state index in [9.17, 15) is 4.79 Å². The van der Waals surface area contributed by atoms with Gasteiger partial charge in [0.2, 0.25) is 0 Å². The molecule has 76 valence electrons. The second-order valence-corrected chi connectivity index (χ2v) is 4.11. The minimum absolute atomic E-state index is 0.0856. The molecule has 0 bridgehead atoms. The molecule has 1 rings (SSSR count). The number of hydrogen-bond acceptors (Lipinski definition) is 4. The van der Waals surface area contributed by atoms with Crippen molar-refractivity contribution in [2.24, 2.45) is 0 Å². The minimum atomic E-state index is -0.765. The topological polar surface area (TPSA) is 63.1 Å². The molecule has 0 aromatic carbocycles. The van der Waals surface area contributed by atoms with Crippen LogP contribution in [0.15, 0.2) is 23.6 Å². The summed E-state index contributed by atoms with van der Waals surface area (Å²) in [6.45, 7) is 1.97. The standard InChI is InChI=1S/C9H12N2O2S/c1-2-7(5-9(12)13)14-8-3-4-10-6-11-8/h3-4,6-7H,2,5H2,1H3,(H,12,13). The lowest BCUT2D eigenvalue weighted by molar-refractivity contribution is -0.136. The van der Waals surface area contributed by atoms with Crippen LogP contribution in [0.25, 0.3) is 0 Å². The summed E-state index contributed by atoms with van der Waals surface area (Å²) in [5.74, 6) is -0.765. The highest BCUT2D eigenvalue weighted by atomic mass is 32.2. The van der Waals surface area contributed by atoms with E-state index in [-0.39, 0.29) is 11.7 Å². The summed E-state index contributed by atoms with van der Waals surface area (Å²) in [6, 6.07) is 1.79. The monoisotopic (exact) mass is 212 g/mol. The summed E-state index contributed by atoms with van der Waals surface area (Å²) in [5.41, 5.74) is 0. The van der Waals surface area contributed by atoms with Crippen LogP contribution >= 0.6 is 11.8 Å². The van der Waals surface area contributed by atoms with E-state index in [0.717, 1.165) is 11.4 Å². The zero-order valence-corrected chi connectivity index (χ0v) is 8.70. The average molecular weight is 212 g/mol. The van der Waals surface area contributed by atoms with Crippen LogP contribution in [0.1, 0.15) is 19.8 Å². The fourth-order valence-electron chi connectivity index (χ4n) is 0.983. The minimum Gasteiger partial charge on any atom is -0.481 e. The van der Waals surface area contributed by atoms with Gasteiger partial charge in [-0.25, -0.2) is 9.97 Å². The van der Waals surface area contributed by atoms with Crippen LogP contribution in [0.5, 0.6) is 0 Å². The molecule has 0 saturated heterocycles. The number of nitrogens with zero attached hydrogens (tertiary/aromatic N) is 2. The van der Waals surface area contributed by atoms with Crippen LogP contribution in [0, 0.1) is 0 Å². The second-order valence-electron chi connectivity index (χ2n) is 2.79. The number of carboxylic acid groups (broad SMARTS) is 1. The number of carboxylic acids is 1. The van der Waals surface area contributed by atoms with Crippen LogP contribution < -0.4 is 0 Å². The maximum atomic E-state index is 10.5. The zero-order valence-electron chi connectivity index (χ0n) is 7.88. The molecule has 0 radical (unpaired) electrons. The zero-order chi connectivity index (χ0) is 10.4. The summed E-state index contributed by atoms with van der Waals surface area (Å²) < 4.78 is 0. The normalized spacial score (nSPS) is 12.4. The fraction of sp³-hybridized carbons (Fsp3) is 0.444. The molecule has 0 aliphatic carbocycles. The first-order valence-electron chi connectivity index (χ1n) is 4.36. The second kappa shape index (κ2) is 5.59. The third-order valence-corrected chi connectivity index (χ3v) is 3.02. The van der Waals surface area contributed by atoms with Crippen LogP contribution in [-0.4, -0.2) is 26.3 Å². The lowest BCUT2D eigenvalue weighted by atomic mass is 10.2. The molecule has 1 unspecified atom stereocenters. The first-order valence-corrected chi connectivity index (χ1v) is 5.24. The molecular weight excluding hydrogens is 200 g/mol. The molecule has 0 fully saturated rings. The van der Waals surface area contributed by atoms with E-state index in [4.69, 9.17) is 5.11 Å². The van der Waals surface area contributed by atoms with Crippen molar-refractivity contribution in [1.29, 1.82) is 0 Å². The van der Waals surface area contributed by atoms with Gasteiger partial charge >= 0.3 is 5.97 Å². The van der Waals surface area contributed by atoms with Gasteiger partial charge in [-0.1, -0.05) is 6.92 Å². The predicted octanol–water partition coefficient (Wildman–Crippen LogP) is 1.82. The lowest BCUT2D eigenvalue weighted by Crippen LogP contribution is -2.08. The molecule has 0 aliphatic heterocycles. The highest BCUT2D eigenvalue weighted by Crippen LogP contribution is 2.24. The van der Waals surface area contributed by atoms with Crippen LogP contribution in [-0.2, 0) is 4.79 Å². The van der Waals surface area contributed by atoms with Gasteiger partial charge < -0.3 is 5.11 Å². The Morgan fingerprint density at radius 3 is 3.00 bits per heavy atom. The molecule has 4 nitrogen and oxygen atoms in total. The first-order chi connectivity index (χ1) is 6.72. The van der Waals surface area contributed by atoms with Crippen molar-refractivity contribution in [1.82, 2.24) is 9.97 Å². The Labute approximate surface area is 86.8 Å². The Hall–Kier alpha value is -1.10. The molecule has 1 aromatic heterocycles. The fourth-order valence-corrected chi connectivity index (χ4v) is 1.96. The van der Waals surface area contributed by atoms with Gasteiger partial charge in [0.05, 0.1) is 11.4 Å². The van der Waals surface area contributed by atoms with E-state index in [1.165, 1.54) is 18.1 Å². The molecule has 1 aromatic rings. The van der Waals surface area contributed by atoms with Crippen molar-refractivity contribution in [2.75, 3.05) is 0 Å². The lowest BCUT2D eigenvalue weighted by Gasteiger charge is -2.10. The third-order valence-electron chi connectivity index (χ3n) is 1.70. The van der Waals surface area contributed by atoms with Crippen LogP contribution in [0.3, 0.4) is 0 Å². The third kappa shape index (κ3) is 3.74. The van der Waals surface area contributed by atoms with Crippen molar-refractivity contribution in [3.8, 4) is 0 Å². The van der Waals surface area contributed by atoms with Gasteiger partial charge in [0.1, 0.15) is 6.33 Å². The summed E-state index contributed by atoms with van der Waals surface area (Å²) in [4.78, 5) is 18.3. The van der Waals surface area contributed by atoms with E-state index in [2.05, 4.69) is 9.97 Å². The SMILES string of the molecule is CCC(CC(=O)O)Sc1ccncn1. The Bertz CT molecular complexity index is 292. The highest BCUT2D eigenvalue weighted by molar-refractivity contribution is 7.99. The van der Waals surface area contributed by atoms with Gasteiger partial charge in [-0.3, -0.25) is 4.79 Å². The average Bonchev–Trinajstić information content (AvgIpc) is 2.17. The summed E-state index contributed by atoms with van der Waals surface area (Å²) in [7, 11) is 0. The Morgan fingerprint density at radius 1 is 1.71 bits per heavy atom. The molecule has 1 atom stereocenters. The molecule has 0 aliphatic rings. The van der Waals surface area contributed by atoms with Crippen molar-refractivity contribution in [3.05, 3.63) is 18.6 Å². The van der Waals surface area contributed by atoms with E-state index in [0.29, 0.717) is 0 Å². The Morgan fingerprint density at radius 2 is 2.50 bits per heavy atom. The summed E-state index contributed by atoms with van der Waals surface area (Å²) >= 11 is 1.49. The van der Waals surface area contributed by atoms with Gasteiger partial charge in [0.25, 0.3) is 0 Å². The largest absolute Gasteiger partial charge is 0.481 e. The van der Waals surface area contributed by atoms with E-state index in [1.807, 2.05) is 6.92 Å². The van der Waals surface area contributed by atoms with E-state index >= 15 is 0 Å². The van der Waals surface area contributed by atoms with Gasteiger partial charge in [-0.15, -0.1) is 11.8 Å².